The van der Waals surface area contributed by atoms with E-state index in [1.165, 1.54) is 0 Å². The van der Waals surface area contributed by atoms with Crippen LogP contribution < -0.4 is 5.73 Å². The number of hydrogen-bond acceptors (Lipinski definition) is 2. The molecule has 0 saturated heterocycles. The summed E-state index contributed by atoms with van der Waals surface area (Å²) >= 11 is 7.28. The zero-order chi connectivity index (χ0) is 9.14. The maximum absolute atomic E-state index is 10.8. The molecule has 2 nitrogen and oxygen atoms in total. The Kier molecular flexibility index (Phi) is 3.00. The summed E-state index contributed by atoms with van der Waals surface area (Å²) in [6.45, 7) is 0. The molecule has 0 bridgehead atoms. The van der Waals surface area contributed by atoms with E-state index in [0.717, 1.165) is 4.90 Å². The first kappa shape index (κ1) is 9.42. The van der Waals surface area contributed by atoms with E-state index in [0.29, 0.717) is 10.6 Å². The maximum Gasteiger partial charge on any atom is 0.250 e. The molecule has 12 heavy (non-hydrogen) atoms. The molecule has 0 atom stereocenters. The SMILES string of the molecule is CSc1ccc(Cl)c(C(N)=O)c1. The standard InChI is InChI=1S/C8H8ClNOS/c1-12-5-2-3-7(9)6(4-5)8(10)11/h2-4H,1H3,(H2,10,11). The number of amides is 1. The predicted octanol–water partition coefficient (Wildman–Crippen LogP) is 2.16. The Hall–Kier alpha value is -0.670. The molecule has 4 heteroatoms. The van der Waals surface area contributed by atoms with Gasteiger partial charge in [-0.05, 0) is 24.5 Å². The van der Waals surface area contributed by atoms with Crippen molar-refractivity contribution in [3.63, 3.8) is 0 Å². The van der Waals surface area contributed by atoms with Crippen LogP contribution in [0, 0.1) is 0 Å². The van der Waals surface area contributed by atoms with Crippen LogP contribution in [0.15, 0.2) is 23.1 Å². The molecular formula is C8H8ClNOS. The van der Waals surface area contributed by atoms with Crippen molar-refractivity contribution in [1.29, 1.82) is 0 Å². The third-order valence-electron chi connectivity index (χ3n) is 1.44. The number of rotatable bonds is 2. The molecule has 0 fully saturated rings. The highest BCUT2D eigenvalue weighted by atomic mass is 35.5. The van der Waals surface area contributed by atoms with Crippen LogP contribution in [0.4, 0.5) is 0 Å². The lowest BCUT2D eigenvalue weighted by Gasteiger charge is -2.01. The van der Waals surface area contributed by atoms with Crippen LogP contribution in [-0.2, 0) is 0 Å². The van der Waals surface area contributed by atoms with Gasteiger partial charge in [0.2, 0.25) is 5.91 Å². The fourth-order valence-electron chi connectivity index (χ4n) is 0.820. The molecule has 64 valence electrons. The minimum absolute atomic E-state index is 0.378. The van der Waals surface area contributed by atoms with E-state index in [2.05, 4.69) is 0 Å². The van der Waals surface area contributed by atoms with Gasteiger partial charge in [0.15, 0.2) is 0 Å². The molecular weight excluding hydrogens is 194 g/mol. The third-order valence-corrected chi connectivity index (χ3v) is 2.49. The summed E-state index contributed by atoms with van der Waals surface area (Å²) in [6, 6.07) is 5.21. The summed E-state index contributed by atoms with van der Waals surface area (Å²) in [4.78, 5) is 11.8. The van der Waals surface area contributed by atoms with Crippen molar-refractivity contribution in [1.82, 2.24) is 0 Å². The summed E-state index contributed by atoms with van der Waals surface area (Å²) in [7, 11) is 0. The predicted molar refractivity (Wildman–Crippen MR) is 51.8 cm³/mol. The van der Waals surface area contributed by atoms with Crippen LogP contribution >= 0.6 is 23.4 Å². The largest absolute Gasteiger partial charge is 0.366 e. The second-order valence-electron chi connectivity index (χ2n) is 2.21. The van der Waals surface area contributed by atoms with Gasteiger partial charge in [-0.15, -0.1) is 11.8 Å². The van der Waals surface area contributed by atoms with Gasteiger partial charge in [-0.3, -0.25) is 4.79 Å². The van der Waals surface area contributed by atoms with Crippen molar-refractivity contribution in [2.75, 3.05) is 6.26 Å². The summed E-state index contributed by atoms with van der Waals surface area (Å²) in [5, 5.41) is 0.403. The molecule has 0 aromatic heterocycles. The van der Waals surface area contributed by atoms with Crippen LogP contribution in [0.1, 0.15) is 10.4 Å². The fraction of sp³-hybridized carbons (Fsp3) is 0.125. The van der Waals surface area contributed by atoms with Crippen LogP contribution in [0.3, 0.4) is 0 Å². The summed E-state index contributed by atoms with van der Waals surface area (Å²) < 4.78 is 0. The van der Waals surface area contributed by atoms with E-state index < -0.39 is 5.91 Å². The molecule has 1 aromatic rings. The number of thioether (sulfide) groups is 1. The topological polar surface area (TPSA) is 43.1 Å². The Labute approximate surface area is 80.1 Å². The molecule has 0 spiro atoms. The average Bonchev–Trinajstić information content (AvgIpc) is 2.05. The van der Waals surface area contributed by atoms with Gasteiger partial charge in [0.05, 0.1) is 10.6 Å². The summed E-state index contributed by atoms with van der Waals surface area (Å²) in [6.07, 6.45) is 1.92. The van der Waals surface area contributed by atoms with Crippen molar-refractivity contribution in [3.05, 3.63) is 28.8 Å². The number of hydrogen-bond donors (Lipinski definition) is 1. The first-order valence-corrected chi connectivity index (χ1v) is 4.88. The minimum atomic E-state index is -0.490. The van der Waals surface area contributed by atoms with Crippen LogP contribution in [-0.4, -0.2) is 12.2 Å². The van der Waals surface area contributed by atoms with Gasteiger partial charge in [-0.2, -0.15) is 0 Å². The van der Waals surface area contributed by atoms with Crippen LogP contribution in [0.5, 0.6) is 0 Å². The molecule has 0 aliphatic carbocycles. The van der Waals surface area contributed by atoms with Crippen LogP contribution in [0.2, 0.25) is 5.02 Å². The van der Waals surface area contributed by atoms with Gasteiger partial charge in [0, 0.05) is 4.90 Å². The molecule has 0 radical (unpaired) electrons. The Morgan fingerprint density at radius 1 is 1.58 bits per heavy atom. The Morgan fingerprint density at radius 2 is 2.25 bits per heavy atom. The number of carbonyl (C=O) groups excluding carboxylic acids is 1. The van der Waals surface area contributed by atoms with Crippen LogP contribution in [0.25, 0.3) is 0 Å². The second-order valence-corrected chi connectivity index (χ2v) is 3.50. The lowest BCUT2D eigenvalue weighted by molar-refractivity contribution is 0.100. The van der Waals surface area contributed by atoms with Gasteiger partial charge >= 0.3 is 0 Å². The third kappa shape index (κ3) is 1.93. The molecule has 0 aliphatic heterocycles. The molecule has 0 saturated carbocycles. The average molecular weight is 202 g/mol. The maximum atomic E-state index is 10.8. The number of nitrogens with two attached hydrogens (primary N) is 1. The molecule has 2 N–H and O–H groups in total. The number of halogens is 1. The van der Waals surface area contributed by atoms with Gasteiger partial charge in [-0.1, -0.05) is 11.6 Å². The van der Waals surface area contributed by atoms with E-state index in [-0.39, 0.29) is 0 Å². The fourth-order valence-corrected chi connectivity index (χ4v) is 1.47. The molecule has 0 unspecified atom stereocenters. The highest BCUT2D eigenvalue weighted by Crippen LogP contribution is 2.22. The minimum Gasteiger partial charge on any atom is -0.366 e. The van der Waals surface area contributed by atoms with E-state index in [4.69, 9.17) is 17.3 Å². The molecule has 1 rings (SSSR count). The number of primary amides is 1. The van der Waals surface area contributed by atoms with E-state index >= 15 is 0 Å². The second kappa shape index (κ2) is 3.83. The highest BCUT2D eigenvalue weighted by molar-refractivity contribution is 7.98. The van der Waals surface area contributed by atoms with E-state index in [9.17, 15) is 4.79 Å². The number of carbonyl (C=O) groups is 1. The van der Waals surface area contributed by atoms with Gasteiger partial charge < -0.3 is 5.73 Å². The normalized spacial score (nSPS) is 9.83. The van der Waals surface area contributed by atoms with Gasteiger partial charge in [-0.25, -0.2) is 0 Å². The van der Waals surface area contributed by atoms with Gasteiger partial charge in [0.25, 0.3) is 0 Å². The quantitative estimate of drug-likeness (QED) is 0.746. The smallest absolute Gasteiger partial charge is 0.250 e. The van der Waals surface area contributed by atoms with Gasteiger partial charge in [0.1, 0.15) is 0 Å². The van der Waals surface area contributed by atoms with Crippen molar-refractivity contribution >= 4 is 29.3 Å². The Bertz CT molecular complexity index is 314. The molecule has 1 aromatic carbocycles. The molecule has 0 aliphatic rings. The number of benzene rings is 1. The van der Waals surface area contributed by atoms with Crippen molar-refractivity contribution in [2.45, 2.75) is 4.90 Å². The summed E-state index contributed by atoms with van der Waals surface area (Å²) in [5.41, 5.74) is 5.48. The molecule has 1 amide bonds. The Balaban J connectivity index is 3.17. The molecule has 0 heterocycles. The lowest BCUT2D eigenvalue weighted by Crippen LogP contribution is -2.11. The highest BCUT2D eigenvalue weighted by Gasteiger charge is 2.06. The first-order chi connectivity index (χ1) is 5.65. The van der Waals surface area contributed by atoms with E-state index in [1.54, 1.807) is 23.9 Å². The van der Waals surface area contributed by atoms with Crippen molar-refractivity contribution in [2.24, 2.45) is 5.73 Å². The van der Waals surface area contributed by atoms with E-state index in [1.807, 2.05) is 12.3 Å². The summed E-state index contributed by atoms with van der Waals surface area (Å²) in [5.74, 6) is -0.490. The van der Waals surface area contributed by atoms with Crippen molar-refractivity contribution in [3.8, 4) is 0 Å². The lowest BCUT2D eigenvalue weighted by atomic mass is 10.2. The zero-order valence-electron chi connectivity index (χ0n) is 6.50. The Morgan fingerprint density at radius 3 is 2.75 bits per heavy atom. The zero-order valence-corrected chi connectivity index (χ0v) is 8.08. The first-order valence-electron chi connectivity index (χ1n) is 3.28. The van der Waals surface area contributed by atoms with Crippen molar-refractivity contribution < 1.29 is 4.79 Å². The monoisotopic (exact) mass is 201 g/mol.